The summed E-state index contributed by atoms with van der Waals surface area (Å²) in [6.07, 6.45) is 2.37. The lowest BCUT2D eigenvalue weighted by atomic mass is 10.2. The molecule has 2 aliphatic rings. The predicted octanol–water partition coefficient (Wildman–Crippen LogP) is 1.19. The summed E-state index contributed by atoms with van der Waals surface area (Å²) >= 11 is 1.50. The van der Waals surface area contributed by atoms with Crippen molar-refractivity contribution in [1.82, 2.24) is 20.0 Å². The van der Waals surface area contributed by atoms with Gasteiger partial charge in [-0.05, 0) is 19.4 Å². The molecular weight excluding hydrogens is 290 g/mol. The number of ether oxygens (including phenoxy) is 1. The monoisotopic (exact) mass is 307 g/mol. The van der Waals surface area contributed by atoms with E-state index in [2.05, 4.69) is 20.0 Å². The van der Waals surface area contributed by atoms with Crippen LogP contribution < -0.4 is 5.73 Å². The molecule has 0 radical (unpaired) electrons. The van der Waals surface area contributed by atoms with Crippen molar-refractivity contribution in [3.8, 4) is 11.6 Å². The third-order valence-electron chi connectivity index (χ3n) is 4.06. The number of thiazole rings is 1. The number of morpholine rings is 1. The summed E-state index contributed by atoms with van der Waals surface area (Å²) in [5.41, 5.74) is 6.26. The van der Waals surface area contributed by atoms with Gasteiger partial charge in [0.05, 0.1) is 6.61 Å². The molecular formula is C13H17N5O2S. The van der Waals surface area contributed by atoms with E-state index in [4.69, 9.17) is 15.0 Å². The van der Waals surface area contributed by atoms with Crippen LogP contribution in [0.2, 0.25) is 0 Å². The van der Waals surface area contributed by atoms with Gasteiger partial charge in [-0.25, -0.2) is 4.98 Å². The second kappa shape index (κ2) is 5.45. The number of nitrogens with zero attached hydrogens (tertiary/aromatic N) is 4. The molecule has 2 saturated heterocycles. The van der Waals surface area contributed by atoms with Crippen LogP contribution in [0.15, 0.2) is 9.90 Å². The van der Waals surface area contributed by atoms with Gasteiger partial charge in [0, 0.05) is 24.5 Å². The average Bonchev–Trinajstić information content (AvgIpc) is 3.24. The van der Waals surface area contributed by atoms with Crippen molar-refractivity contribution >= 4 is 11.3 Å². The van der Waals surface area contributed by atoms with E-state index in [-0.39, 0.29) is 6.10 Å². The molecule has 0 bridgehead atoms. The van der Waals surface area contributed by atoms with Crippen LogP contribution in [-0.4, -0.2) is 45.8 Å². The van der Waals surface area contributed by atoms with Crippen LogP contribution in [0.4, 0.5) is 0 Å². The first-order valence-electron chi connectivity index (χ1n) is 7.17. The van der Waals surface area contributed by atoms with Gasteiger partial charge in [-0.3, -0.25) is 4.90 Å². The normalized spacial score (nSPS) is 26.1. The van der Waals surface area contributed by atoms with Gasteiger partial charge in [0.15, 0.2) is 0 Å². The van der Waals surface area contributed by atoms with Crippen molar-refractivity contribution in [2.75, 3.05) is 19.7 Å². The quantitative estimate of drug-likeness (QED) is 0.910. The first-order valence-corrected chi connectivity index (χ1v) is 8.05. The maximum atomic E-state index is 5.89. The highest BCUT2D eigenvalue weighted by Crippen LogP contribution is 2.30. The Hall–Kier alpha value is -1.35. The highest BCUT2D eigenvalue weighted by Gasteiger charge is 2.35. The molecule has 2 atom stereocenters. The van der Waals surface area contributed by atoms with Gasteiger partial charge in [0.2, 0.25) is 5.82 Å². The van der Waals surface area contributed by atoms with E-state index in [1.54, 1.807) is 0 Å². The molecule has 4 heterocycles. The fourth-order valence-corrected chi connectivity index (χ4v) is 3.59. The van der Waals surface area contributed by atoms with E-state index in [1.165, 1.54) is 24.2 Å². The van der Waals surface area contributed by atoms with Crippen LogP contribution in [0.1, 0.15) is 29.8 Å². The summed E-state index contributed by atoms with van der Waals surface area (Å²) in [7, 11) is 0. The number of aromatic nitrogens is 3. The number of fused-ring (bicyclic) bond motifs is 1. The third-order valence-corrected chi connectivity index (χ3v) is 4.94. The zero-order chi connectivity index (χ0) is 14.2. The fourth-order valence-electron chi connectivity index (χ4n) is 2.95. The molecule has 4 rings (SSSR count). The Bertz CT molecular complexity index is 628. The van der Waals surface area contributed by atoms with Gasteiger partial charge in [-0.15, -0.1) is 11.3 Å². The first kappa shape index (κ1) is 13.3. The summed E-state index contributed by atoms with van der Waals surface area (Å²) in [6, 6.07) is 0.568. The Kier molecular flexibility index (Phi) is 3.46. The second-order valence-electron chi connectivity index (χ2n) is 5.40. The molecule has 2 fully saturated rings. The van der Waals surface area contributed by atoms with E-state index >= 15 is 0 Å². The minimum atomic E-state index is -0.107. The van der Waals surface area contributed by atoms with Crippen LogP contribution in [0, 0.1) is 0 Å². The zero-order valence-electron chi connectivity index (χ0n) is 11.6. The largest absolute Gasteiger partial charge is 0.367 e. The topological polar surface area (TPSA) is 90.3 Å². The molecule has 0 spiro atoms. The summed E-state index contributed by atoms with van der Waals surface area (Å²) < 4.78 is 11.2. The van der Waals surface area contributed by atoms with Crippen molar-refractivity contribution in [2.24, 2.45) is 5.73 Å². The van der Waals surface area contributed by atoms with Crippen LogP contribution in [-0.2, 0) is 11.3 Å². The van der Waals surface area contributed by atoms with Gasteiger partial charge in [0.25, 0.3) is 5.89 Å². The molecule has 0 saturated carbocycles. The van der Waals surface area contributed by atoms with E-state index in [0.717, 1.165) is 24.7 Å². The van der Waals surface area contributed by atoms with Crippen molar-refractivity contribution in [3.05, 3.63) is 16.2 Å². The number of hydrogen-bond acceptors (Lipinski definition) is 8. The summed E-state index contributed by atoms with van der Waals surface area (Å²) in [5, 5.41) is 6.81. The van der Waals surface area contributed by atoms with Crippen LogP contribution in [0.3, 0.4) is 0 Å². The lowest BCUT2D eigenvalue weighted by Crippen LogP contribution is -2.42. The zero-order valence-corrected chi connectivity index (χ0v) is 12.4. The van der Waals surface area contributed by atoms with Crippen molar-refractivity contribution in [2.45, 2.75) is 31.5 Å². The van der Waals surface area contributed by atoms with Crippen LogP contribution >= 0.6 is 11.3 Å². The lowest BCUT2D eigenvalue weighted by Gasteiger charge is -2.33. The Morgan fingerprint density at radius 2 is 2.38 bits per heavy atom. The molecule has 2 aliphatic heterocycles. The van der Waals surface area contributed by atoms with Gasteiger partial charge >= 0.3 is 0 Å². The number of hydrogen-bond donors (Lipinski definition) is 1. The molecule has 2 aromatic heterocycles. The average molecular weight is 307 g/mol. The van der Waals surface area contributed by atoms with E-state index < -0.39 is 0 Å². The molecule has 112 valence electrons. The SMILES string of the molecule is NCc1nc(-c2nc(C3CN4CCCC4CO3)no2)cs1. The molecule has 0 aromatic carbocycles. The Balaban J connectivity index is 1.51. The maximum absolute atomic E-state index is 5.89. The highest BCUT2D eigenvalue weighted by molar-refractivity contribution is 7.09. The van der Waals surface area contributed by atoms with Gasteiger partial charge < -0.3 is 15.0 Å². The second-order valence-corrected chi connectivity index (χ2v) is 6.34. The highest BCUT2D eigenvalue weighted by atomic mass is 32.1. The summed E-state index contributed by atoms with van der Waals surface area (Å²) in [4.78, 5) is 11.3. The fraction of sp³-hybridized carbons (Fsp3) is 0.615. The minimum Gasteiger partial charge on any atom is -0.367 e. The molecule has 21 heavy (non-hydrogen) atoms. The van der Waals surface area contributed by atoms with Gasteiger partial charge in [0.1, 0.15) is 16.8 Å². The Morgan fingerprint density at radius 1 is 1.43 bits per heavy atom. The third kappa shape index (κ3) is 2.48. The molecule has 2 aromatic rings. The molecule has 0 aliphatic carbocycles. The van der Waals surface area contributed by atoms with Crippen LogP contribution in [0.5, 0.6) is 0 Å². The summed E-state index contributed by atoms with van der Waals surface area (Å²) in [5.74, 6) is 1.05. The minimum absolute atomic E-state index is 0.107. The van der Waals surface area contributed by atoms with E-state index in [9.17, 15) is 0 Å². The van der Waals surface area contributed by atoms with E-state index in [0.29, 0.717) is 30.0 Å². The standard InChI is InChI=1S/C13H17N5O2S/c14-4-11-15-9(7-21-11)13-16-12(17-20-13)10-5-18-3-1-2-8(18)6-19-10/h7-8,10H,1-6,14H2. The van der Waals surface area contributed by atoms with E-state index in [1.807, 2.05) is 5.38 Å². The Labute approximate surface area is 126 Å². The predicted molar refractivity (Wildman–Crippen MR) is 76.6 cm³/mol. The number of nitrogens with two attached hydrogens (primary N) is 1. The maximum Gasteiger partial charge on any atom is 0.277 e. The molecule has 0 amide bonds. The first-order chi connectivity index (χ1) is 10.3. The van der Waals surface area contributed by atoms with Crippen molar-refractivity contribution in [3.63, 3.8) is 0 Å². The van der Waals surface area contributed by atoms with Crippen molar-refractivity contribution < 1.29 is 9.26 Å². The molecule has 7 nitrogen and oxygen atoms in total. The van der Waals surface area contributed by atoms with Crippen molar-refractivity contribution in [1.29, 1.82) is 0 Å². The smallest absolute Gasteiger partial charge is 0.277 e. The molecule has 2 N–H and O–H groups in total. The lowest BCUT2D eigenvalue weighted by molar-refractivity contribution is -0.0548. The van der Waals surface area contributed by atoms with Crippen LogP contribution in [0.25, 0.3) is 11.6 Å². The van der Waals surface area contributed by atoms with Gasteiger partial charge in [-0.1, -0.05) is 5.16 Å². The summed E-state index contributed by atoms with van der Waals surface area (Å²) in [6.45, 7) is 3.16. The van der Waals surface area contributed by atoms with Gasteiger partial charge in [-0.2, -0.15) is 4.98 Å². The Morgan fingerprint density at radius 3 is 3.24 bits per heavy atom. The molecule has 8 heteroatoms. The number of rotatable bonds is 3. The molecule has 2 unspecified atom stereocenters.